The Bertz CT molecular complexity index is 768. The summed E-state index contributed by atoms with van der Waals surface area (Å²) in [7, 11) is -3.54. The molecule has 1 aliphatic rings. The fraction of sp³-hybridized carbons (Fsp3) is 0.400. The molecule has 1 aliphatic heterocycles. The molecule has 0 radical (unpaired) electrons. The van der Waals surface area contributed by atoms with Crippen molar-refractivity contribution in [1.82, 2.24) is 14.5 Å². The number of sulfonamides is 1. The molecule has 1 aromatic heterocycles. The molecule has 118 valence electrons. The zero-order chi connectivity index (χ0) is 15.9. The number of nitrogens with one attached hydrogen (secondary N) is 1. The summed E-state index contributed by atoms with van der Waals surface area (Å²) in [6.45, 7) is 4.25. The lowest BCUT2D eigenvalue weighted by atomic mass is 10.0. The first-order chi connectivity index (χ1) is 10.4. The van der Waals surface area contributed by atoms with E-state index < -0.39 is 10.0 Å². The van der Waals surface area contributed by atoms with E-state index in [4.69, 9.17) is 0 Å². The van der Waals surface area contributed by atoms with Crippen molar-refractivity contribution in [2.24, 2.45) is 5.92 Å². The highest BCUT2D eigenvalue weighted by Crippen LogP contribution is 2.38. The molecule has 3 rings (SSSR count). The van der Waals surface area contributed by atoms with Gasteiger partial charge in [-0.25, -0.2) is 13.1 Å². The highest BCUT2D eigenvalue weighted by Gasteiger charge is 2.35. The molecular weight excluding hydrogens is 366 g/mol. The van der Waals surface area contributed by atoms with E-state index in [-0.39, 0.29) is 17.0 Å². The van der Waals surface area contributed by atoms with Gasteiger partial charge in [-0.15, -0.1) is 0 Å². The Morgan fingerprint density at radius 1 is 1.27 bits per heavy atom. The maximum absolute atomic E-state index is 12.6. The molecule has 0 spiro atoms. The topological polar surface area (TPSA) is 64.0 Å². The van der Waals surface area contributed by atoms with Crippen LogP contribution in [0.2, 0.25) is 0 Å². The first-order valence-electron chi connectivity index (χ1n) is 7.20. The van der Waals surface area contributed by atoms with Gasteiger partial charge in [-0.3, -0.25) is 4.68 Å². The molecule has 1 N–H and O–H groups in total. The van der Waals surface area contributed by atoms with Gasteiger partial charge in [0.1, 0.15) is 0 Å². The quantitative estimate of drug-likeness (QED) is 0.880. The molecule has 2 heterocycles. The van der Waals surface area contributed by atoms with E-state index in [9.17, 15) is 8.42 Å². The van der Waals surface area contributed by atoms with Crippen LogP contribution in [0.15, 0.2) is 45.9 Å². The van der Waals surface area contributed by atoms with Crippen molar-refractivity contribution in [3.8, 4) is 0 Å². The van der Waals surface area contributed by atoms with Crippen LogP contribution in [0.4, 0.5) is 0 Å². The van der Waals surface area contributed by atoms with Crippen LogP contribution in [0.3, 0.4) is 0 Å². The number of halogens is 1. The fourth-order valence-electron chi connectivity index (χ4n) is 2.87. The van der Waals surface area contributed by atoms with Crippen LogP contribution in [0.1, 0.15) is 38.0 Å². The van der Waals surface area contributed by atoms with E-state index in [0.717, 1.165) is 16.6 Å². The second-order valence-corrected chi connectivity index (χ2v) is 8.51. The van der Waals surface area contributed by atoms with Crippen LogP contribution >= 0.6 is 15.9 Å². The van der Waals surface area contributed by atoms with Gasteiger partial charge in [0.2, 0.25) is 10.0 Å². The summed E-state index contributed by atoms with van der Waals surface area (Å²) in [5, 5.41) is 4.34. The number of fused-ring (bicyclic) bond motifs is 1. The predicted molar refractivity (Wildman–Crippen MR) is 87.9 cm³/mol. The number of rotatable bonds is 4. The minimum Gasteiger partial charge on any atom is -0.265 e. The molecule has 2 atom stereocenters. The average molecular weight is 384 g/mol. The van der Waals surface area contributed by atoms with Gasteiger partial charge in [0, 0.05) is 10.7 Å². The smallest absolute Gasteiger partial charge is 0.241 e. The van der Waals surface area contributed by atoms with E-state index >= 15 is 0 Å². The summed E-state index contributed by atoms with van der Waals surface area (Å²) < 4.78 is 30.7. The fourth-order valence-corrected chi connectivity index (χ4v) is 4.36. The second kappa shape index (κ2) is 5.79. The average Bonchev–Trinajstić information content (AvgIpc) is 3.02. The number of benzene rings is 1. The third kappa shape index (κ3) is 2.85. The van der Waals surface area contributed by atoms with Crippen molar-refractivity contribution in [3.63, 3.8) is 0 Å². The normalized spacial score (nSPS) is 21.3. The highest BCUT2D eigenvalue weighted by atomic mass is 79.9. The monoisotopic (exact) mass is 383 g/mol. The molecule has 0 saturated heterocycles. The van der Waals surface area contributed by atoms with Gasteiger partial charge in [-0.05, 0) is 42.7 Å². The molecule has 2 aromatic rings. The summed E-state index contributed by atoms with van der Waals surface area (Å²) in [6.07, 6.45) is 2.46. The largest absolute Gasteiger partial charge is 0.265 e. The summed E-state index contributed by atoms with van der Waals surface area (Å²) in [5.41, 5.74) is 0.930. The summed E-state index contributed by atoms with van der Waals surface area (Å²) >= 11 is 3.31. The van der Waals surface area contributed by atoms with Crippen LogP contribution < -0.4 is 4.72 Å². The third-order valence-electron chi connectivity index (χ3n) is 4.04. The maximum atomic E-state index is 12.6. The summed E-state index contributed by atoms with van der Waals surface area (Å²) in [5.74, 6) is 0.404. The number of hydrogen-bond acceptors (Lipinski definition) is 3. The van der Waals surface area contributed by atoms with Gasteiger partial charge in [0.05, 0.1) is 22.7 Å². The van der Waals surface area contributed by atoms with Gasteiger partial charge < -0.3 is 0 Å². The molecular formula is C15H18BrN3O2S. The Kier molecular flexibility index (Phi) is 4.13. The van der Waals surface area contributed by atoms with E-state index in [2.05, 4.69) is 39.6 Å². The Morgan fingerprint density at radius 3 is 2.59 bits per heavy atom. The first kappa shape index (κ1) is 15.7. The molecule has 0 aliphatic carbocycles. The van der Waals surface area contributed by atoms with Gasteiger partial charge in [0.25, 0.3) is 0 Å². The summed E-state index contributed by atoms with van der Waals surface area (Å²) in [6, 6.07) is 8.52. The Balaban J connectivity index is 1.86. The van der Waals surface area contributed by atoms with Crippen molar-refractivity contribution in [1.29, 1.82) is 0 Å². The number of nitrogens with zero attached hydrogens (tertiary/aromatic N) is 2. The van der Waals surface area contributed by atoms with E-state index in [0.29, 0.717) is 5.92 Å². The third-order valence-corrected chi connectivity index (χ3v) is 6.06. The SMILES string of the molecule is CC(C)C1C[C@@H](NS(=O)(=O)c2ccc(Br)cc2)c2ccnn21. The molecule has 22 heavy (non-hydrogen) atoms. The maximum Gasteiger partial charge on any atom is 0.241 e. The molecule has 1 unspecified atom stereocenters. The van der Waals surface area contributed by atoms with E-state index in [1.54, 1.807) is 30.5 Å². The van der Waals surface area contributed by atoms with Gasteiger partial charge in [-0.1, -0.05) is 29.8 Å². The minimum atomic E-state index is -3.54. The molecule has 0 bridgehead atoms. The van der Waals surface area contributed by atoms with Crippen molar-refractivity contribution in [2.45, 2.75) is 37.2 Å². The van der Waals surface area contributed by atoms with Gasteiger partial charge in [0.15, 0.2) is 0 Å². The molecule has 5 nitrogen and oxygen atoms in total. The van der Waals surface area contributed by atoms with Gasteiger partial charge in [-0.2, -0.15) is 5.10 Å². The standard InChI is InChI=1S/C15H18BrN3O2S/c1-10(2)15-9-13(14-7-8-17-19(14)15)18-22(20,21)12-5-3-11(16)4-6-12/h3-8,10,13,15,18H,9H2,1-2H3/t13-,15?/m1/s1. The Morgan fingerprint density at radius 2 is 1.95 bits per heavy atom. The zero-order valence-electron chi connectivity index (χ0n) is 12.4. The highest BCUT2D eigenvalue weighted by molar-refractivity contribution is 9.10. The van der Waals surface area contributed by atoms with E-state index in [1.165, 1.54) is 0 Å². The van der Waals surface area contributed by atoms with Crippen molar-refractivity contribution in [2.75, 3.05) is 0 Å². The van der Waals surface area contributed by atoms with Crippen LogP contribution in [0.25, 0.3) is 0 Å². The second-order valence-electron chi connectivity index (χ2n) is 5.88. The lowest BCUT2D eigenvalue weighted by Crippen LogP contribution is -2.27. The van der Waals surface area contributed by atoms with E-state index in [1.807, 2.05) is 10.7 Å². The molecule has 1 aromatic carbocycles. The predicted octanol–water partition coefficient (Wildman–Crippen LogP) is 3.27. The van der Waals surface area contributed by atoms with Crippen LogP contribution in [0, 0.1) is 5.92 Å². The van der Waals surface area contributed by atoms with Crippen molar-refractivity contribution in [3.05, 3.63) is 46.7 Å². The molecule has 7 heteroatoms. The first-order valence-corrected chi connectivity index (χ1v) is 9.47. The van der Waals surface area contributed by atoms with Gasteiger partial charge >= 0.3 is 0 Å². The van der Waals surface area contributed by atoms with Crippen LogP contribution in [-0.4, -0.2) is 18.2 Å². The van der Waals surface area contributed by atoms with Crippen LogP contribution in [-0.2, 0) is 10.0 Å². The Labute approximate surface area is 138 Å². The van der Waals surface area contributed by atoms with Crippen molar-refractivity contribution < 1.29 is 8.42 Å². The summed E-state index contributed by atoms with van der Waals surface area (Å²) in [4.78, 5) is 0.273. The van der Waals surface area contributed by atoms with Crippen molar-refractivity contribution >= 4 is 26.0 Å². The number of aromatic nitrogens is 2. The Hall–Kier alpha value is -1.18. The molecule has 0 saturated carbocycles. The number of hydrogen-bond donors (Lipinski definition) is 1. The zero-order valence-corrected chi connectivity index (χ0v) is 14.8. The lowest BCUT2D eigenvalue weighted by molar-refractivity contribution is 0.352. The molecule has 0 amide bonds. The molecule has 0 fully saturated rings. The minimum absolute atomic E-state index is 0.225. The van der Waals surface area contributed by atoms with Crippen LogP contribution in [0.5, 0.6) is 0 Å². The lowest BCUT2D eigenvalue weighted by Gasteiger charge is -2.16.